The molecule has 33 heavy (non-hydrogen) atoms. The highest BCUT2D eigenvalue weighted by Gasteiger charge is 2.44. The van der Waals surface area contributed by atoms with E-state index in [1.807, 2.05) is 58.0 Å². The summed E-state index contributed by atoms with van der Waals surface area (Å²) in [5.74, 6) is -0.542. The first-order valence-electron chi connectivity index (χ1n) is 12.1. The molecule has 7 heteroatoms. The molecule has 7 nitrogen and oxygen atoms in total. The summed E-state index contributed by atoms with van der Waals surface area (Å²) in [5, 5.41) is 5.63. The van der Waals surface area contributed by atoms with E-state index >= 15 is 0 Å². The third-order valence-electron chi connectivity index (χ3n) is 5.95. The minimum atomic E-state index is -0.551. The van der Waals surface area contributed by atoms with Crippen molar-refractivity contribution in [2.24, 2.45) is 11.3 Å². The Balaban J connectivity index is 1.84. The second-order valence-electron chi connectivity index (χ2n) is 9.96. The van der Waals surface area contributed by atoms with Crippen LogP contribution in [-0.4, -0.2) is 36.7 Å². The number of hydrogen-bond acceptors (Lipinski definition) is 5. The van der Waals surface area contributed by atoms with E-state index in [2.05, 4.69) is 10.6 Å². The van der Waals surface area contributed by atoms with Gasteiger partial charge in [-0.3, -0.25) is 9.59 Å². The molecule has 0 aliphatic heterocycles. The van der Waals surface area contributed by atoms with Gasteiger partial charge in [-0.15, -0.1) is 0 Å². The highest BCUT2D eigenvalue weighted by Crippen LogP contribution is 2.44. The smallest absolute Gasteiger partial charge is 0.407 e. The van der Waals surface area contributed by atoms with E-state index in [0.717, 1.165) is 37.7 Å². The molecule has 184 valence electrons. The van der Waals surface area contributed by atoms with Crippen LogP contribution in [0.2, 0.25) is 0 Å². The van der Waals surface area contributed by atoms with Gasteiger partial charge in [0.05, 0.1) is 5.92 Å². The Morgan fingerprint density at radius 3 is 2.27 bits per heavy atom. The van der Waals surface area contributed by atoms with E-state index in [0.29, 0.717) is 19.4 Å². The molecule has 1 aliphatic rings. The molecule has 0 saturated heterocycles. The molecule has 1 unspecified atom stereocenters. The minimum absolute atomic E-state index is 0.0379. The average molecular weight is 461 g/mol. The second kappa shape index (κ2) is 12.6. The number of carbonyl (C=O) groups excluding carboxylic acids is 3. The monoisotopic (exact) mass is 460 g/mol. The number of rotatable bonds is 11. The first-order valence-corrected chi connectivity index (χ1v) is 12.1. The molecule has 0 bridgehead atoms. The Morgan fingerprint density at radius 1 is 1.03 bits per heavy atom. The molecule has 1 atom stereocenters. The maximum atomic E-state index is 13.2. The van der Waals surface area contributed by atoms with Crippen LogP contribution in [0.1, 0.15) is 78.2 Å². The molecule has 2 amide bonds. The van der Waals surface area contributed by atoms with Crippen molar-refractivity contribution in [2.75, 3.05) is 13.1 Å². The largest absolute Gasteiger partial charge is 0.460 e. The summed E-state index contributed by atoms with van der Waals surface area (Å²) < 4.78 is 10.8. The lowest BCUT2D eigenvalue weighted by molar-refractivity contribution is -0.162. The lowest BCUT2D eigenvalue weighted by Gasteiger charge is -2.32. The Labute approximate surface area is 198 Å². The van der Waals surface area contributed by atoms with Crippen molar-refractivity contribution < 1.29 is 23.9 Å². The van der Waals surface area contributed by atoms with Gasteiger partial charge in [0.25, 0.3) is 0 Å². The molecule has 1 aromatic carbocycles. The average Bonchev–Trinajstić information content (AvgIpc) is 3.24. The van der Waals surface area contributed by atoms with Crippen LogP contribution in [0.5, 0.6) is 0 Å². The molecular formula is C26H40N2O5. The van der Waals surface area contributed by atoms with Crippen LogP contribution in [0.3, 0.4) is 0 Å². The Kier molecular flexibility index (Phi) is 10.2. The summed E-state index contributed by atoms with van der Waals surface area (Å²) >= 11 is 0. The molecular weight excluding hydrogens is 420 g/mol. The second-order valence-corrected chi connectivity index (χ2v) is 9.96. The number of amides is 2. The number of hydrogen-bond donors (Lipinski definition) is 2. The van der Waals surface area contributed by atoms with Crippen LogP contribution in [-0.2, 0) is 25.7 Å². The molecule has 2 N–H and O–H groups in total. The predicted molar refractivity (Wildman–Crippen MR) is 127 cm³/mol. The maximum absolute atomic E-state index is 13.2. The molecule has 1 aliphatic carbocycles. The summed E-state index contributed by atoms with van der Waals surface area (Å²) in [7, 11) is 0. The lowest BCUT2D eigenvalue weighted by atomic mass is 9.75. The van der Waals surface area contributed by atoms with Crippen molar-refractivity contribution in [3.8, 4) is 0 Å². The van der Waals surface area contributed by atoms with Gasteiger partial charge in [0.15, 0.2) is 0 Å². The van der Waals surface area contributed by atoms with Crippen LogP contribution < -0.4 is 10.6 Å². The van der Waals surface area contributed by atoms with Gasteiger partial charge in [0.1, 0.15) is 12.2 Å². The molecule has 0 spiro atoms. The first-order chi connectivity index (χ1) is 15.6. The van der Waals surface area contributed by atoms with E-state index in [1.165, 1.54) is 0 Å². The summed E-state index contributed by atoms with van der Waals surface area (Å²) in [6, 6.07) is 9.45. The molecule has 1 aromatic rings. The normalized spacial score (nSPS) is 16.0. The van der Waals surface area contributed by atoms with Gasteiger partial charge in [-0.05, 0) is 52.0 Å². The number of nitrogens with one attached hydrogen (secondary N) is 2. The van der Waals surface area contributed by atoms with Crippen LogP contribution in [0.4, 0.5) is 4.79 Å². The predicted octanol–water partition coefficient (Wildman–Crippen LogP) is 4.74. The van der Waals surface area contributed by atoms with E-state index in [4.69, 9.17) is 9.47 Å². The Hall–Kier alpha value is -2.57. The zero-order valence-electron chi connectivity index (χ0n) is 20.6. The van der Waals surface area contributed by atoms with Gasteiger partial charge in [-0.2, -0.15) is 0 Å². The van der Waals surface area contributed by atoms with Crippen molar-refractivity contribution >= 4 is 18.0 Å². The SMILES string of the molecule is CCCC(CC1(C(=O)NCCNC(=O)OCc2ccccc2)CCCC1)C(=O)OC(C)(C)C. The topological polar surface area (TPSA) is 93.7 Å². The number of benzene rings is 1. The van der Waals surface area contributed by atoms with Gasteiger partial charge >= 0.3 is 12.1 Å². The number of esters is 1. The van der Waals surface area contributed by atoms with E-state index in [1.54, 1.807) is 0 Å². The van der Waals surface area contributed by atoms with Crippen molar-refractivity contribution in [1.82, 2.24) is 10.6 Å². The summed E-state index contributed by atoms with van der Waals surface area (Å²) in [4.78, 5) is 37.8. The fourth-order valence-corrected chi connectivity index (χ4v) is 4.39. The van der Waals surface area contributed by atoms with Crippen LogP contribution in [0, 0.1) is 11.3 Å². The first kappa shape index (κ1) is 26.7. The standard InChI is InChI=1S/C26H40N2O5/c1-5-11-21(22(29)33-25(2,3)4)18-26(14-9-10-15-26)23(30)27-16-17-28-24(31)32-19-20-12-7-6-8-13-20/h6-8,12-13,21H,5,9-11,14-19H2,1-4H3,(H,27,30)(H,28,31). The Morgan fingerprint density at radius 2 is 1.67 bits per heavy atom. The Bertz CT molecular complexity index is 767. The maximum Gasteiger partial charge on any atom is 0.407 e. The summed E-state index contributed by atoms with van der Waals surface area (Å²) in [6.45, 7) is 8.43. The third-order valence-corrected chi connectivity index (χ3v) is 5.95. The summed E-state index contributed by atoms with van der Waals surface area (Å²) in [5.41, 5.74) is -0.185. The molecule has 0 aromatic heterocycles. The summed E-state index contributed by atoms with van der Waals surface area (Å²) in [6.07, 6.45) is 5.05. The zero-order valence-corrected chi connectivity index (χ0v) is 20.6. The van der Waals surface area contributed by atoms with Crippen molar-refractivity contribution in [3.63, 3.8) is 0 Å². The van der Waals surface area contributed by atoms with Crippen LogP contribution >= 0.6 is 0 Å². The van der Waals surface area contributed by atoms with Gasteiger partial charge in [-0.1, -0.05) is 56.5 Å². The molecule has 0 heterocycles. The quantitative estimate of drug-likeness (QED) is 0.368. The van der Waals surface area contributed by atoms with Crippen LogP contribution in [0.25, 0.3) is 0 Å². The molecule has 1 fully saturated rings. The number of alkyl carbamates (subject to hydrolysis) is 1. The fourth-order valence-electron chi connectivity index (χ4n) is 4.39. The van der Waals surface area contributed by atoms with Crippen molar-refractivity contribution in [1.29, 1.82) is 0 Å². The molecule has 0 radical (unpaired) electrons. The highest BCUT2D eigenvalue weighted by atomic mass is 16.6. The molecule has 2 rings (SSSR count). The number of carbonyl (C=O) groups is 3. The van der Waals surface area contributed by atoms with E-state index < -0.39 is 17.1 Å². The van der Waals surface area contributed by atoms with Crippen LogP contribution in [0.15, 0.2) is 30.3 Å². The third kappa shape index (κ3) is 9.06. The fraction of sp³-hybridized carbons (Fsp3) is 0.654. The number of ether oxygens (including phenoxy) is 2. The van der Waals surface area contributed by atoms with E-state index in [9.17, 15) is 14.4 Å². The lowest BCUT2D eigenvalue weighted by Crippen LogP contribution is -2.44. The highest BCUT2D eigenvalue weighted by molar-refractivity contribution is 5.84. The zero-order chi connectivity index (χ0) is 24.3. The van der Waals surface area contributed by atoms with Gasteiger partial charge < -0.3 is 20.1 Å². The van der Waals surface area contributed by atoms with E-state index in [-0.39, 0.29) is 30.9 Å². The minimum Gasteiger partial charge on any atom is -0.460 e. The van der Waals surface area contributed by atoms with Gasteiger partial charge in [0.2, 0.25) is 5.91 Å². The molecule has 1 saturated carbocycles. The van der Waals surface area contributed by atoms with Gasteiger partial charge in [0, 0.05) is 18.5 Å². The van der Waals surface area contributed by atoms with Gasteiger partial charge in [-0.25, -0.2) is 4.79 Å². The van der Waals surface area contributed by atoms with Crippen molar-refractivity contribution in [3.05, 3.63) is 35.9 Å². The van der Waals surface area contributed by atoms with Crippen molar-refractivity contribution in [2.45, 2.75) is 84.8 Å².